The van der Waals surface area contributed by atoms with Gasteiger partial charge >= 0.3 is 0 Å². The highest BCUT2D eigenvalue weighted by Crippen LogP contribution is 2.44. The molecule has 156 valence electrons. The highest BCUT2D eigenvalue weighted by molar-refractivity contribution is 5.76. The summed E-state index contributed by atoms with van der Waals surface area (Å²) < 4.78 is 5.47. The summed E-state index contributed by atoms with van der Waals surface area (Å²) in [7, 11) is 1.71. The Morgan fingerprint density at radius 1 is 1.03 bits per heavy atom. The molecule has 3 aromatic rings. The van der Waals surface area contributed by atoms with Gasteiger partial charge in [-0.3, -0.25) is 0 Å². The van der Waals surface area contributed by atoms with Crippen LogP contribution >= 0.6 is 0 Å². The molecule has 0 amide bonds. The first-order valence-electron chi connectivity index (χ1n) is 10.8. The van der Waals surface area contributed by atoms with E-state index in [0.29, 0.717) is 0 Å². The van der Waals surface area contributed by atoms with Crippen molar-refractivity contribution >= 4 is 5.69 Å². The van der Waals surface area contributed by atoms with Gasteiger partial charge in [-0.1, -0.05) is 56.3 Å². The summed E-state index contributed by atoms with van der Waals surface area (Å²) in [5, 5.41) is 0. The van der Waals surface area contributed by atoms with E-state index in [0.717, 1.165) is 30.8 Å². The number of hydrogen-bond acceptors (Lipinski definition) is 3. The van der Waals surface area contributed by atoms with E-state index >= 15 is 0 Å². The van der Waals surface area contributed by atoms with Crippen molar-refractivity contribution in [3.8, 4) is 16.9 Å². The van der Waals surface area contributed by atoms with E-state index in [1.165, 1.54) is 27.9 Å². The van der Waals surface area contributed by atoms with Crippen LogP contribution in [0.4, 0.5) is 5.69 Å². The third kappa shape index (κ3) is 3.95. The lowest BCUT2D eigenvalue weighted by atomic mass is 9.75. The lowest BCUT2D eigenvalue weighted by molar-refractivity contribution is 0.415. The third-order valence-electron chi connectivity index (χ3n) is 6.33. The van der Waals surface area contributed by atoms with Crippen LogP contribution in [0, 0.1) is 0 Å². The second kappa shape index (κ2) is 8.16. The first kappa shape index (κ1) is 20.5. The van der Waals surface area contributed by atoms with Crippen LogP contribution in [-0.2, 0) is 12.0 Å². The van der Waals surface area contributed by atoms with Gasteiger partial charge in [-0.05, 0) is 70.8 Å². The summed E-state index contributed by atoms with van der Waals surface area (Å²) in [5.74, 6) is 0.866. The number of nitrogens with zero attached hydrogens (tertiary/aromatic N) is 1. The lowest BCUT2D eigenvalue weighted by Gasteiger charge is -2.41. The van der Waals surface area contributed by atoms with Crippen LogP contribution in [0.5, 0.6) is 5.75 Å². The fraction of sp³-hybridized carbons (Fsp3) is 0.333. The average molecular weight is 401 g/mol. The smallest absolute Gasteiger partial charge is 0.119 e. The summed E-state index contributed by atoms with van der Waals surface area (Å²) in [6.07, 6.45) is 1.13. The largest absolute Gasteiger partial charge is 0.497 e. The van der Waals surface area contributed by atoms with Crippen LogP contribution in [-0.4, -0.2) is 13.7 Å². The van der Waals surface area contributed by atoms with E-state index < -0.39 is 0 Å². The van der Waals surface area contributed by atoms with Crippen LogP contribution < -0.4 is 15.4 Å². The minimum Gasteiger partial charge on any atom is -0.497 e. The molecule has 0 aromatic heterocycles. The zero-order valence-electron chi connectivity index (χ0n) is 18.5. The van der Waals surface area contributed by atoms with Crippen LogP contribution in [0.3, 0.4) is 0 Å². The van der Waals surface area contributed by atoms with Crippen LogP contribution in [0.15, 0.2) is 66.7 Å². The van der Waals surface area contributed by atoms with Crippen LogP contribution in [0.2, 0.25) is 0 Å². The van der Waals surface area contributed by atoms with Crippen molar-refractivity contribution in [2.24, 2.45) is 5.73 Å². The topological polar surface area (TPSA) is 38.5 Å². The normalized spacial score (nSPS) is 16.1. The molecule has 2 N–H and O–H groups in total. The fourth-order valence-corrected chi connectivity index (χ4v) is 4.46. The Morgan fingerprint density at radius 3 is 2.50 bits per heavy atom. The van der Waals surface area contributed by atoms with Gasteiger partial charge in [0, 0.05) is 24.8 Å². The zero-order chi connectivity index (χ0) is 21.3. The predicted octanol–water partition coefficient (Wildman–Crippen LogP) is 6.07. The summed E-state index contributed by atoms with van der Waals surface area (Å²) >= 11 is 0. The van der Waals surface area contributed by atoms with E-state index in [2.05, 4.69) is 80.3 Å². The second-order valence-corrected chi connectivity index (χ2v) is 9.02. The molecule has 0 bridgehead atoms. The summed E-state index contributed by atoms with van der Waals surface area (Å²) in [4.78, 5) is 2.51. The molecule has 3 aromatic carbocycles. The van der Waals surface area contributed by atoms with Gasteiger partial charge in [0.25, 0.3) is 0 Å². The lowest BCUT2D eigenvalue weighted by Crippen LogP contribution is -2.37. The summed E-state index contributed by atoms with van der Waals surface area (Å²) in [6.45, 7) is 8.74. The number of rotatable bonds is 5. The van der Waals surface area contributed by atoms with E-state index in [1.54, 1.807) is 7.11 Å². The maximum absolute atomic E-state index is 6.47. The average Bonchev–Trinajstić information content (AvgIpc) is 2.76. The van der Waals surface area contributed by atoms with E-state index in [-0.39, 0.29) is 11.5 Å². The number of anilines is 1. The van der Waals surface area contributed by atoms with E-state index in [4.69, 9.17) is 10.5 Å². The fourth-order valence-electron chi connectivity index (χ4n) is 4.46. The Hall–Kier alpha value is -2.78. The van der Waals surface area contributed by atoms with Crippen molar-refractivity contribution in [3.63, 3.8) is 0 Å². The molecular formula is C27H32N2O. The Kier molecular flexibility index (Phi) is 5.57. The maximum Gasteiger partial charge on any atom is 0.119 e. The first-order valence-corrected chi connectivity index (χ1v) is 10.8. The van der Waals surface area contributed by atoms with Gasteiger partial charge in [0.15, 0.2) is 0 Å². The number of nitrogens with two attached hydrogens (primary N) is 1. The molecule has 3 nitrogen and oxygen atoms in total. The van der Waals surface area contributed by atoms with Crippen molar-refractivity contribution in [2.75, 3.05) is 18.6 Å². The number of fused-ring (bicyclic) bond motifs is 1. The maximum atomic E-state index is 6.47. The molecule has 0 saturated heterocycles. The van der Waals surface area contributed by atoms with Crippen LogP contribution in [0.25, 0.3) is 11.1 Å². The van der Waals surface area contributed by atoms with Gasteiger partial charge in [-0.2, -0.15) is 0 Å². The molecule has 0 radical (unpaired) electrons. The minimum absolute atomic E-state index is 0.0554. The SMILES string of the molecule is COc1cccc(-c2cc3c(cc2C(C)N)N(Cc2ccccc2)CCC3(C)C)c1. The molecule has 4 rings (SSSR count). The van der Waals surface area contributed by atoms with Crippen molar-refractivity contribution in [3.05, 3.63) is 83.4 Å². The molecule has 0 spiro atoms. The Morgan fingerprint density at radius 2 is 1.80 bits per heavy atom. The zero-order valence-corrected chi connectivity index (χ0v) is 18.5. The van der Waals surface area contributed by atoms with Gasteiger partial charge in [0.2, 0.25) is 0 Å². The molecule has 1 aliphatic rings. The summed E-state index contributed by atoms with van der Waals surface area (Å²) in [6, 6.07) is 23.6. The quantitative estimate of drug-likeness (QED) is 0.565. The minimum atomic E-state index is -0.0554. The molecule has 0 saturated carbocycles. The molecule has 1 unspecified atom stereocenters. The van der Waals surface area contributed by atoms with Gasteiger partial charge in [-0.25, -0.2) is 0 Å². The number of benzene rings is 3. The molecule has 1 aliphatic heterocycles. The molecule has 1 atom stereocenters. The van der Waals surface area contributed by atoms with Crippen LogP contribution in [0.1, 0.15) is 49.9 Å². The third-order valence-corrected chi connectivity index (χ3v) is 6.33. The molecule has 30 heavy (non-hydrogen) atoms. The molecular weight excluding hydrogens is 368 g/mol. The highest BCUT2D eigenvalue weighted by atomic mass is 16.5. The molecule has 0 fully saturated rings. The summed E-state index contributed by atoms with van der Waals surface area (Å²) in [5.41, 5.74) is 14.2. The van der Waals surface area contributed by atoms with Gasteiger partial charge in [-0.15, -0.1) is 0 Å². The number of hydrogen-bond donors (Lipinski definition) is 1. The molecule has 0 aliphatic carbocycles. The predicted molar refractivity (Wildman–Crippen MR) is 126 cm³/mol. The van der Waals surface area contributed by atoms with Gasteiger partial charge < -0.3 is 15.4 Å². The van der Waals surface area contributed by atoms with Crippen molar-refractivity contribution in [1.82, 2.24) is 0 Å². The van der Waals surface area contributed by atoms with Crippen molar-refractivity contribution < 1.29 is 4.74 Å². The Bertz CT molecular complexity index is 1020. The van der Waals surface area contributed by atoms with Gasteiger partial charge in [0.1, 0.15) is 5.75 Å². The number of ether oxygens (including phenoxy) is 1. The molecule has 3 heteroatoms. The standard InChI is InChI=1S/C27H32N2O/c1-19(28)23-17-26-25(16-24(23)21-11-8-12-22(15-21)30-4)27(2,3)13-14-29(26)18-20-9-6-5-7-10-20/h5-12,15-17,19H,13-14,18,28H2,1-4H3. The van der Waals surface area contributed by atoms with Crippen molar-refractivity contribution in [2.45, 2.75) is 45.2 Å². The highest BCUT2D eigenvalue weighted by Gasteiger charge is 2.32. The monoisotopic (exact) mass is 400 g/mol. The number of methoxy groups -OCH3 is 1. The Labute approximate surface area is 180 Å². The van der Waals surface area contributed by atoms with Gasteiger partial charge in [0.05, 0.1) is 7.11 Å². The van der Waals surface area contributed by atoms with E-state index in [9.17, 15) is 0 Å². The van der Waals surface area contributed by atoms with Crippen molar-refractivity contribution in [1.29, 1.82) is 0 Å². The van der Waals surface area contributed by atoms with E-state index in [1.807, 2.05) is 12.1 Å². The first-order chi connectivity index (χ1) is 14.4. The molecule has 1 heterocycles. The second-order valence-electron chi connectivity index (χ2n) is 9.02. The Balaban J connectivity index is 1.85.